The molecule has 0 atom stereocenters. The number of rotatable bonds is 4. The first-order valence-electron chi connectivity index (χ1n) is 8.60. The minimum Gasteiger partial charge on any atom is -0.313 e. The Balaban J connectivity index is 1.87. The van der Waals surface area contributed by atoms with E-state index in [1.165, 1.54) is 17.2 Å². The normalized spacial score (nSPS) is 14.6. The molecule has 1 saturated carbocycles. The fraction of sp³-hybridized carbons (Fsp3) is 0.250. The molecule has 1 heterocycles. The van der Waals surface area contributed by atoms with Crippen LogP contribution in [0.15, 0.2) is 52.8 Å². The number of nitro benzene ring substituents is 1. The molecular weight excluding hydrogens is 346 g/mol. The summed E-state index contributed by atoms with van der Waals surface area (Å²) in [5, 5.41) is 13.2. The van der Waals surface area contributed by atoms with Crippen molar-refractivity contribution in [2.45, 2.75) is 32.7 Å². The summed E-state index contributed by atoms with van der Waals surface area (Å²) in [5.74, 6) is 0. The van der Waals surface area contributed by atoms with E-state index in [1.54, 1.807) is 23.5 Å². The van der Waals surface area contributed by atoms with Gasteiger partial charge in [-0.15, -0.1) is 11.3 Å². The predicted molar refractivity (Wildman–Crippen MR) is 104 cm³/mol. The lowest BCUT2D eigenvalue weighted by molar-refractivity contribution is -0.384. The van der Waals surface area contributed by atoms with Gasteiger partial charge in [-0.1, -0.05) is 24.3 Å². The van der Waals surface area contributed by atoms with Crippen LogP contribution in [0.1, 0.15) is 30.0 Å². The molecule has 2 aromatic carbocycles. The van der Waals surface area contributed by atoms with Crippen molar-refractivity contribution in [1.82, 2.24) is 4.57 Å². The predicted octanol–water partition coefficient (Wildman–Crippen LogP) is 5.31. The summed E-state index contributed by atoms with van der Waals surface area (Å²) in [6.07, 6.45) is 2.25. The summed E-state index contributed by atoms with van der Waals surface area (Å²) in [4.78, 5) is 16.6. The lowest BCUT2D eigenvalue weighted by atomic mass is 10.1. The Morgan fingerprint density at radius 1 is 1.19 bits per heavy atom. The SMILES string of the molecule is Cc1cccc(N=c2scc(-c3cccc([N+](=O)[O-])c3)n2C2CC2)c1C. The number of benzene rings is 2. The van der Waals surface area contributed by atoms with E-state index in [4.69, 9.17) is 4.99 Å². The molecular formula is C20H19N3O2S. The largest absolute Gasteiger partial charge is 0.313 e. The van der Waals surface area contributed by atoms with Crippen LogP contribution in [0, 0.1) is 24.0 Å². The van der Waals surface area contributed by atoms with Crippen LogP contribution >= 0.6 is 11.3 Å². The van der Waals surface area contributed by atoms with E-state index >= 15 is 0 Å². The minimum absolute atomic E-state index is 0.115. The summed E-state index contributed by atoms with van der Waals surface area (Å²) < 4.78 is 2.24. The van der Waals surface area contributed by atoms with Gasteiger partial charge >= 0.3 is 0 Å². The smallest absolute Gasteiger partial charge is 0.270 e. The number of hydrogen-bond donors (Lipinski definition) is 0. The molecule has 0 amide bonds. The maximum absolute atomic E-state index is 11.1. The maximum Gasteiger partial charge on any atom is 0.270 e. The zero-order chi connectivity index (χ0) is 18.3. The number of aromatic nitrogens is 1. The van der Waals surface area contributed by atoms with Gasteiger partial charge in [0.1, 0.15) is 0 Å². The molecule has 26 heavy (non-hydrogen) atoms. The molecule has 1 aliphatic rings. The summed E-state index contributed by atoms with van der Waals surface area (Å²) >= 11 is 1.59. The molecule has 0 bridgehead atoms. The van der Waals surface area contributed by atoms with Crippen LogP contribution in [-0.2, 0) is 0 Å². The Bertz CT molecular complexity index is 1060. The zero-order valence-corrected chi connectivity index (χ0v) is 15.5. The van der Waals surface area contributed by atoms with Gasteiger partial charge < -0.3 is 4.57 Å². The highest BCUT2D eigenvalue weighted by Gasteiger charge is 2.27. The first-order chi connectivity index (χ1) is 12.5. The molecule has 132 valence electrons. The second-order valence-electron chi connectivity index (χ2n) is 6.64. The first kappa shape index (κ1) is 16.7. The average Bonchev–Trinajstić information content (AvgIpc) is 3.39. The van der Waals surface area contributed by atoms with Gasteiger partial charge in [-0.2, -0.15) is 0 Å². The van der Waals surface area contributed by atoms with E-state index in [0.717, 1.165) is 34.6 Å². The molecule has 0 spiro atoms. The third-order valence-electron chi connectivity index (χ3n) is 4.80. The number of non-ortho nitro benzene ring substituents is 1. The third-order valence-corrected chi connectivity index (χ3v) is 5.64. The van der Waals surface area contributed by atoms with Crippen LogP contribution in [0.4, 0.5) is 11.4 Å². The highest BCUT2D eigenvalue weighted by atomic mass is 32.1. The van der Waals surface area contributed by atoms with E-state index < -0.39 is 0 Å². The Morgan fingerprint density at radius 2 is 1.96 bits per heavy atom. The fourth-order valence-corrected chi connectivity index (χ4v) is 4.02. The van der Waals surface area contributed by atoms with Gasteiger partial charge in [0, 0.05) is 29.1 Å². The van der Waals surface area contributed by atoms with Crippen molar-refractivity contribution in [3.05, 3.63) is 73.9 Å². The lowest BCUT2D eigenvalue weighted by Crippen LogP contribution is -2.14. The third kappa shape index (κ3) is 3.08. The molecule has 1 aromatic heterocycles. The summed E-state index contributed by atoms with van der Waals surface area (Å²) in [7, 11) is 0. The van der Waals surface area contributed by atoms with E-state index in [-0.39, 0.29) is 10.6 Å². The molecule has 1 aliphatic carbocycles. The zero-order valence-electron chi connectivity index (χ0n) is 14.7. The van der Waals surface area contributed by atoms with Gasteiger partial charge in [0.25, 0.3) is 5.69 Å². The number of nitro groups is 1. The molecule has 6 heteroatoms. The lowest BCUT2D eigenvalue weighted by Gasteiger charge is -2.08. The van der Waals surface area contributed by atoms with Crippen molar-refractivity contribution >= 4 is 22.7 Å². The number of aryl methyl sites for hydroxylation is 1. The Hall–Kier alpha value is -2.73. The number of thiazole rings is 1. The van der Waals surface area contributed by atoms with Crippen LogP contribution in [-0.4, -0.2) is 9.49 Å². The summed E-state index contributed by atoms with van der Waals surface area (Å²) in [6, 6.07) is 13.4. The van der Waals surface area contributed by atoms with Crippen molar-refractivity contribution in [2.75, 3.05) is 0 Å². The van der Waals surface area contributed by atoms with E-state index in [1.807, 2.05) is 18.2 Å². The highest BCUT2D eigenvalue weighted by Crippen LogP contribution is 2.38. The maximum atomic E-state index is 11.1. The van der Waals surface area contributed by atoms with Crippen molar-refractivity contribution in [1.29, 1.82) is 0 Å². The van der Waals surface area contributed by atoms with Crippen molar-refractivity contribution in [2.24, 2.45) is 4.99 Å². The molecule has 0 saturated heterocycles. The van der Waals surface area contributed by atoms with Crippen LogP contribution < -0.4 is 4.80 Å². The Morgan fingerprint density at radius 3 is 2.69 bits per heavy atom. The Labute approximate surface area is 155 Å². The molecule has 0 radical (unpaired) electrons. The van der Waals surface area contributed by atoms with Crippen LogP contribution in [0.2, 0.25) is 0 Å². The average molecular weight is 365 g/mol. The van der Waals surface area contributed by atoms with Crippen molar-refractivity contribution < 1.29 is 4.92 Å². The van der Waals surface area contributed by atoms with Crippen molar-refractivity contribution in [3.8, 4) is 11.3 Å². The quantitative estimate of drug-likeness (QED) is 0.465. The van der Waals surface area contributed by atoms with Crippen LogP contribution in [0.25, 0.3) is 11.3 Å². The van der Waals surface area contributed by atoms with Gasteiger partial charge in [0.05, 0.1) is 16.3 Å². The van der Waals surface area contributed by atoms with Crippen LogP contribution in [0.3, 0.4) is 0 Å². The van der Waals surface area contributed by atoms with Gasteiger partial charge in [-0.25, -0.2) is 4.99 Å². The highest BCUT2D eigenvalue weighted by molar-refractivity contribution is 7.07. The summed E-state index contributed by atoms with van der Waals surface area (Å²) in [5.41, 5.74) is 5.37. The standard InChI is InChI=1S/C20H19N3O2S/c1-13-5-3-8-18(14(13)2)21-20-22(16-9-10-16)19(12-26-20)15-6-4-7-17(11-15)23(24)25/h3-8,11-12,16H,9-10H2,1-2H3. The van der Waals surface area contributed by atoms with E-state index in [2.05, 4.69) is 29.9 Å². The molecule has 1 fully saturated rings. The molecule has 4 rings (SSSR count). The molecule has 5 nitrogen and oxygen atoms in total. The molecule has 0 aliphatic heterocycles. The fourth-order valence-electron chi connectivity index (χ4n) is 3.04. The summed E-state index contributed by atoms with van der Waals surface area (Å²) in [6.45, 7) is 4.18. The topological polar surface area (TPSA) is 60.4 Å². The van der Waals surface area contributed by atoms with Gasteiger partial charge in [0.2, 0.25) is 0 Å². The molecule has 3 aromatic rings. The van der Waals surface area contributed by atoms with Crippen molar-refractivity contribution in [3.63, 3.8) is 0 Å². The molecule has 0 unspecified atom stereocenters. The number of nitrogens with zero attached hydrogens (tertiary/aromatic N) is 3. The molecule has 0 N–H and O–H groups in total. The second kappa shape index (κ2) is 6.53. The van der Waals surface area contributed by atoms with Crippen LogP contribution in [0.5, 0.6) is 0 Å². The van der Waals surface area contributed by atoms with Gasteiger partial charge in [-0.3, -0.25) is 10.1 Å². The van der Waals surface area contributed by atoms with E-state index in [0.29, 0.717) is 6.04 Å². The van der Waals surface area contributed by atoms with Gasteiger partial charge in [-0.05, 0) is 43.9 Å². The minimum atomic E-state index is -0.348. The Kier molecular flexibility index (Phi) is 4.20. The number of hydrogen-bond acceptors (Lipinski definition) is 4. The first-order valence-corrected chi connectivity index (χ1v) is 9.48. The van der Waals surface area contributed by atoms with Gasteiger partial charge in [0.15, 0.2) is 4.80 Å². The van der Waals surface area contributed by atoms with E-state index in [9.17, 15) is 10.1 Å². The monoisotopic (exact) mass is 365 g/mol. The second-order valence-corrected chi connectivity index (χ2v) is 7.48.